The molecular formula is C17H22ClNO5S. The third kappa shape index (κ3) is 3.98. The monoisotopic (exact) mass is 387 g/mol. The van der Waals surface area contributed by atoms with Crippen LogP contribution in [-0.2, 0) is 19.4 Å². The van der Waals surface area contributed by atoms with E-state index in [9.17, 15) is 18.0 Å². The number of hydrogen-bond acceptors (Lipinski definition) is 5. The summed E-state index contributed by atoms with van der Waals surface area (Å²) in [5.41, 5.74) is -1.74. The molecule has 0 saturated heterocycles. The predicted molar refractivity (Wildman–Crippen MR) is 95.6 cm³/mol. The highest BCUT2D eigenvalue weighted by molar-refractivity contribution is 7.92. The van der Waals surface area contributed by atoms with E-state index in [4.69, 9.17) is 16.3 Å². The van der Waals surface area contributed by atoms with Gasteiger partial charge in [0.1, 0.15) is 22.7 Å². The molecule has 25 heavy (non-hydrogen) atoms. The van der Waals surface area contributed by atoms with Crippen LogP contribution in [0, 0.1) is 0 Å². The molecule has 8 heteroatoms. The van der Waals surface area contributed by atoms with Gasteiger partial charge in [0, 0.05) is 16.7 Å². The minimum atomic E-state index is -3.59. The van der Waals surface area contributed by atoms with Gasteiger partial charge in [-0.1, -0.05) is 30.7 Å². The van der Waals surface area contributed by atoms with E-state index in [1.807, 2.05) is 0 Å². The van der Waals surface area contributed by atoms with E-state index in [-0.39, 0.29) is 5.75 Å². The van der Waals surface area contributed by atoms with Gasteiger partial charge in [0.2, 0.25) is 0 Å². The molecule has 2 rings (SSSR count). The van der Waals surface area contributed by atoms with Crippen molar-refractivity contribution in [1.29, 1.82) is 0 Å². The maximum absolute atomic E-state index is 12.5. The van der Waals surface area contributed by atoms with Crippen LogP contribution in [0.4, 0.5) is 4.79 Å². The predicted octanol–water partition coefficient (Wildman–Crippen LogP) is 2.70. The third-order valence-electron chi connectivity index (χ3n) is 4.09. The van der Waals surface area contributed by atoms with Crippen LogP contribution in [0.5, 0.6) is 0 Å². The van der Waals surface area contributed by atoms with Crippen molar-refractivity contribution in [2.24, 2.45) is 0 Å². The molecule has 1 saturated carbocycles. The molecule has 0 heterocycles. The number of hydrogen-bond donors (Lipinski definition) is 1. The lowest BCUT2D eigenvalue weighted by Gasteiger charge is -2.22. The van der Waals surface area contributed by atoms with Crippen molar-refractivity contribution in [3.05, 3.63) is 34.9 Å². The lowest BCUT2D eigenvalue weighted by molar-refractivity contribution is -0.110. The molecule has 0 bridgehead atoms. The minimum Gasteiger partial charge on any atom is -0.444 e. The van der Waals surface area contributed by atoms with Crippen LogP contribution in [0.25, 0.3) is 0 Å². The SMILES string of the molecule is CCS(=O)(=O)[C@@H]1[C@@H](c2cccc(Cl)c2)[C@]1(C=O)NC(=O)OC(C)(C)C. The molecule has 1 amide bonds. The zero-order valence-corrected chi connectivity index (χ0v) is 16.1. The second-order valence-electron chi connectivity index (χ2n) is 7.08. The first kappa shape index (κ1) is 19.7. The molecule has 1 fully saturated rings. The van der Waals surface area contributed by atoms with Crippen LogP contribution >= 0.6 is 11.6 Å². The van der Waals surface area contributed by atoms with Crippen LogP contribution in [0.1, 0.15) is 39.2 Å². The number of aldehydes is 1. The Morgan fingerprint density at radius 2 is 2.04 bits per heavy atom. The summed E-state index contributed by atoms with van der Waals surface area (Å²) in [6.45, 7) is 6.55. The van der Waals surface area contributed by atoms with Gasteiger partial charge in [-0.05, 0) is 38.5 Å². The van der Waals surface area contributed by atoms with Crippen LogP contribution < -0.4 is 5.32 Å². The number of halogens is 1. The van der Waals surface area contributed by atoms with Crippen molar-refractivity contribution >= 4 is 33.8 Å². The van der Waals surface area contributed by atoms with E-state index >= 15 is 0 Å². The summed E-state index contributed by atoms with van der Waals surface area (Å²) < 4.78 is 30.2. The van der Waals surface area contributed by atoms with Crippen LogP contribution in [-0.4, -0.2) is 42.9 Å². The summed E-state index contributed by atoms with van der Waals surface area (Å²) in [6.07, 6.45) is -0.346. The first-order valence-corrected chi connectivity index (χ1v) is 10.0. The molecule has 1 N–H and O–H groups in total. The van der Waals surface area contributed by atoms with Crippen molar-refractivity contribution in [2.45, 2.75) is 50.0 Å². The second-order valence-corrected chi connectivity index (χ2v) is 9.93. The maximum Gasteiger partial charge on any atom is 0.408 e. The summed E-state index contributed by atoms with van der Waals surface area (Å²) in [7, 11) is -3.59. The third-order valence-corrected chi connectivity index (χ3v) is 6.56. The summed E-state index contributed by atoms with van der Waals surface area (Å²) in [6, 6.07) is 6.62. The molecule has 0 radical (unpaired) electrons. The van der Waals surface area contributed by atoms with Crippen LogP contribution in [0.2, 0.25) is 5.02 Å². The van der Waals surface area contributed by atoms with Gasteiger partial charge in [-0.15, -0.1) is 0 Å². The summed E-state index contributed by atoms with van der Waals surface area (Å²) >= 11 is 5.99. The van der Waals surface area contributed by atoms with Crippen molar-refractivity contribution in [3.8, 4) is 0 Å². The van der Waals surface area contributed by atoms with Crippen molar-refractivity contribution < 1.29 is 22.7 Å². The summed E-state index contributed by atoms with van der Waals surface area (Å²) in [5.74, 6) is -0.846. The molecule has 0 unspecified atom stereocenters. The number of ether oxygens (including phenoxy) is 1. The quantitative estimate of drug-likeness (QED) is 0.784. The fourth-order valence-corrected chi connectivity index (χ4v) is 5.14. The number of carbonyl (C=O) groups is 2. The highest BCUT2D eigenvalue weighted by atomic mass is 35.5. The molecular weight excluding hydrogens is 366 g/mol. The first-order chi connectivity index (χ1) is 11.5. The average molecular weight is 388 g/mol. The van der Waals surface area contributed by atoms with E-state index in [1.165, 1.54) is 6.92 Å². The lowest BCUT2D eigenvalue weighted by atomic mass is 10.1. The Labute approximate surface area is 152 Å². The zero-order valence-electron chi connectivity index (χ0n) is 14.6. The maximum atomic E-state index is 12.5. The van der Waals surface area contributed by atoms with Crippen molar-refractivity contribution in [3.63, 3.8) is 0 Å². The molecule has 6 nitrogen and oxygen atoms in total. The van der Waals surface area contributed by atoms with Crippen molar-refractivity contribution in [2.75, 3.05) is 5.75 Å². The van der Waals surface area contributed by atoms with Gasteiger partial charge in [0.15, 0.2) is 9.84 Å². The van der Waals surface area contributed by atoms with Gasteiger partial charge in [-0.2, -0.15) is 0 Å². The van der Waals surface area contributed by atoms with Crippen molar-refractivity contribution in [1.82, 2.24) is 5.32 Å². The van der Waals surface area contributed by atoms with Gasteiger partial charge < -0.3 is 14.8 Å². The van der Waals surface area contributed by atoms with E-state index in [0.717, 1.165) is 0 Å². The number of amides is 1. The van der Waals surface area contributed by atoms with E-state index in [0.29, 0.717) is 16.9 Å². The van der Waals surface area contributed by atoms with Crippen LogP contribution in [0.15, 0.2) is 24.3 Å². The number of benzene rings is 1. The highest BCUT2D eigenvalue weighted by Crippen LogP contribution is 2.55. The largest absolute Gasteiger partial charge is 0.444 e. The molecule has 138 valence electrons. The molecule has 1 aromatic carbocycles. The van der Waals surface area contributed by atoms with E-state index < -0.39 is 38.2 Å². The molecule has 1 aliphatic carbocycles. The Kier molecular flexibility index (Phi) is 5.21. The van der Waals surface area contributed by atoms with Gasteiger partial charge in [-0.3, -0.25) is 0 Å². The summed E-state index contributed by atoms with van der Waals surface area (Å²) in [4.78, 5) is 24.0. The first-order valence-electron chi connectivity index (χ1n) is 7.91. The molecule has 0 spiro atoms. The average Bonchev–Trinajstić information content (AvgIpc) is 3.15. The minimum absolute atomic E-state index is 0.139. The number of sulfone groups is 1. The fourth-order valence-electron chi connectivity index (χ4n) is 3.01. The van der Waals surface area contributed by atoms with E-state index in [1.54, 1.807) is 45.0 Å². The Hall–Kier alpha value is -1.60. The highest BCUT2D eigenvalue weighted by Gasteiger charge is 2.72. The van der Waals surface area contributed by atoms with Gasteiger partial charge in [-0.25, -0.2) is 13.2 Å². The molecule has 3 atom stereocenters. The number of nitrogens with one attached hydrogen (secondary N) is 1. The second kappa shape index (κ2) is 6.61. The molecule has 1 aliphatic rings. The summed E-state index contributed by atoms with van der Waals surface area (Å²) in [5, 5.41) is 1.86. The number of alkyl carbamates (subject to hydrolysis) is 1. The zero-order chi connectivity index (χ0) is 19.0. The topological polar surface area (TPSA) is 89.5 Å². The standard InChI is InChI=1S/C17H22ClNO5S/c1-5-25(22,23)14-13(11-7-6-8-12(18)9-11)17(14,10-20)19-15(21)24-16(2,3)4/h6-10,13-14H,5H2,1-4H3,(H,19,21)/t13-,14-,17+/m1/s1. The normalized spacial score (nSPS) is 26.0. The van der Waals surface area contributed by atoms with Gasteiger partial charge in [0.25, 0.3) is 0 Å². The fraction of sp³-hybridized carbons (Fsp3) is 0.529. The Morgan fingerprint density at radius 3 is 2.52 bits per heavy atom. The van der Waals surface area contributed by atoms with Gasteiger partial charge >= 0.3 is 6.09 Å². The Bertz CT molecular complexity index is 786. The van der Waals surface area contributed by atoms with E-state index in [2.05, 4.69) is 5.32 Å². The smallest absolute Gasteiger partial charge is 0.408 e. The van der Waals surface area contributed by atoms with Gasteiger partial charge in [0.05, 0.1) is 0 Å². The Balaban J connectivity index is 2.42. The van der Waals surface area contributed by atoms with Crippen LogP contribution in [0.3, 0.4) is 0 Å². The number of carbonyl (C=O) groups excluding carboxylic acids is 2. The number of rotatable bonds is 5. The lowest BCUT2D eigenvalue weighted by Crippen LogP contribution is -2.45. The molecule has 1 aromatic rings. The molecule has 0 aliphatic heterocycles. The molecule has 0 aromatic heterocycles. The Morgan fingerprint density at radius 1 is 1.40 bits per heavy atom.